The smallest absolute Gasteiger partial charge is 0.256 e. The van der Waals surface area contributed by atoms with Crippen molar-refractivity contribution in [1.82, 2.24) is 4.90 Å². The maximum absolute atomic E-state index is 13.6. The van der Waals surface area contributed by atoms with E-state index in [9.17, 15) is 13.6 Å². The van der Waals surface area contributed by atoms with E-state index in [1.54, 1.807) is 7.05 Å². The highest BCUT2D eigenvalue weighted by Gasteiger charge is 2.19. The highest BCUT2D eigenvalue weighted by atomic mass is 79.9. The Bertz CT molecular complexity index is 646. The van der Waals surface area contributed by atoms with Crippen LogP contribution >= 0.6 is 15.9 Å². The molecule has 0 atom stereocenters. The van der Waals surface area contributed by atoms with E-state index < -0.39 is 17.5 Å². The molecule has 2 aromatic carbocycles. The van der Waals surface area contributed by atoms with Crippen molar-refractivity contribution in [3.05, 3.63) is 69.7 Å². The van der Waals surface area contributed by atoms with Gasteiger partial charge in [-0.3, -0.25) is 4.79 Å². The van der Waals surface area contributed by atoms with Crippen LogP contribution in [0.2, 0.25) is 0 Å². The zero-order valence-corrected chi connectivity index (χ0v) is 12.3. The van der Waals surface area contributed by atoms with Crippen LogP contribution in [-0.4, -0.2) is 17.9 Å². The van der Waals surface area contributed by atoms with Crippen molar-refractivity contribution in [2.75, 3.05) is 7.05 Å². The third-order valence-electron chi connectivity index (χ3n) is 2.89. The Balaban J connectivity index is 2.21. The predicted octanol–water partition coefficient (Wildman–Crippen LogP) is 4.00. The molecule has 0 radical (unpaired) electrons. The second-order valence-electron chi connectivity index (χ2n) is 4.35. The molecule has 0 saturated carbocycles. The number of amides is 1. The molecule has 0 fully saturated rings. The summed E-state index contributed by atoms with van der Waals surface area (Å²) in [5.41, 5.74) is 0.625. The SMILES string of the molecule is CN(Cc1ccccc1Br)C(=O)c1cccc(F)c1F. The fraction of sp³-hybridized carbons (Fsp3) is 0.133. The van der Waals surface area contributed by atoms with Crippen LogP contribution in [0, 0.1) is 11.6 Å². The number of benzene rings is 2. The summed E-state index contributed by atoms with van der Waals surface area (Å²) in [6.07, 6.45) is 0. The third kappa shape index (κ3) is 3.04. The third-order valence-corrected chi connectivity index (χ3v) is 3.67. The molecule has 20 heavy (non-hydrogen) atoms. The average Bonchev–Trinajstić information content (AvgIpc) is 2.43. The molecule has 0 saturated heterocycles. The Morgan fingerprint density at radius 2 is 1.85 bits per heavy atom. The summed E-state index contributed by atoms with van der Waals surface area (Å²) in [4.78, 5) is 13.5. The number of rotatable bonds is 3. The minimum absolute atomic E-state index is 0.264. The Morgan fingerprint density at radius 3 is 2.55 bits per heavy atom. The van der Waals surface area contributed by atoms with Crippen molar-refractivity contribution in [3.63, 3.8) is 0 Å². The summed E-state index contributed by atoms with van der Waals surface area (Å²) in [7, 11) is 1.55. The Hall–Kier alpha value is -1.75. The molecule has 0 unspecified atom stereocenters. The largest absolute Gasteiger partial charge is 0.337 e. The van der Waals surface area contributed by atoms with Crippen LogP contribution in [0.1, 0.15) is 15.9 Å². The van der Waals surface area contributed by atoms with Gasteiger partial charge in [-0.15, -0.1) is 0 Å². The summed E-state index contributed by atoms with van der Waals surface area (Å²) in [5.74, 6) is -2.70. The van der Waals surface area contributed by atoms with Gasteiger partial charge in [0.2, 0.25) is 0 Å². The van der Waals surface area contributed by atoms with Crippen LogP contribution in [0.4, 0.5) is 8.78 Å². The van der Waals surface area contributed by atoms with Crippen molar-refractivity contribution in [3.8, 4) is 0 Å². The van der Waals surface area contributed by atoms with E-state index in [4.69, 9.17) is 0 Å². The van der Waals surface area contributed by atoms with Gasteiger partial charge < -0.3 is 4.90 Å². The molecule has 0 heterocycles. The zero-order chi connectivity index (χ0) is 14.7. The van der Waals surface area contributed by atoms with Crippen molar-refractivity contribution >= 4 is 21.8 Å². The summed E-state index contributed by atoms with van der Waals surface area (Å²) in [5, 5.41) is 0. The van der Waals surface area contributed by atoms with Crippen LogP contribution in [0.25, 0.3) is 0 Å². The molecule has 104 valence electrons. The van der Waals surface area contributed by atoms with Crippen LogP contribution in [0.5, 0.6) is 0 Å². The van der Waals surface area contributed by atoms with Crippen LogP contribution in [0.3, 0.4) is 0 Å². The molecule has 0 spiro atoms. The normalized spacial score (nSPS) is 10.4. The number of carbonyl (C=O) groups excluding carboxylic acids is 1. The summed E-state index contributed by atoms with van der Waals surface area (Å²) < 4.78 is 27.6. The molecule has 2 aromatic rings. The number of carbonyl (C=O) groups is 1. The molecule has 0 aliphatic carbocycles. The van der Waals surface area contributed by atoms with Gasteiger partial charge >= 0.3 is 0 Å². The lowest BCUT2D eigenvalue weighted by molar-refractivity contribution is 0.0779. The molecular weight excluding hydrogens is 328 g/mol. The van der Waals surface area contributed by atoms with Crippen molar-refractivity contribution in [2.45, 2.75) is 6.54 Å². The van der Waals surface area contributed by atoms with E-state index in [2.05, 4.69) is 15.9 Å². The fourth-order valence-electron chi connectivity index (χ4n) is 1.83. The Kier molecular flexibility index (Phi) is 4.49. The van der Waals surface area contributed by atoms with Gasteiger partial charge in [0.15, 0.2) is 11.6 Å². The standard InChI is InChI=1S/C15H12BrF2NO/c1-19(9-10-5-2-3-7-12(10)16)15(20)11-6-4-8-13(17)14(11)18/h2-8H,9H2,1H3. The molecule has 0 bridgehead atoms. The van der Waals surface area contributed by atoms with Crippen LogP contribution in [0.15, 0.2) is 46.9 Å². The maximum atomic E-state index is 13.6. The van der Waals surface area contributed by atoms with Gasteiger partial charge in [-0.2, -0.15) is 0 Å². The number of hydrogen-bond acceptors (Lipinski definition) is 1. The Morgan fingerprint density at radius 1 is 1.15 bits per heavy atom. The van der Waals surface area contributed by atoms with E-state index in [0.29, 0.717) is 6.54 Å². The van der Waals surface area contributed by atoms with Crippen molar-refractivity contribution in [2.24, 2.45) is 0 Å². The maximum Gasteiger partial charge on any atom is 0.256 e. The molecular formula is C15H12BrF2NO. The lowest BCUT2D eigenvalue weighted by Gasteiger charge is -2.18. The molecule has 1 amide bonds. The van der Waals surface area contributed by atoms with Gasteiger partial charge in [0, 0.05) is 18.1 Å². The lowest BCUT2D eigenvalue weighted by Crippen LogP contribution is -2.27. The van der Waals surface area contributed by atoms with E-state index >= 15 is 0 Å². The number of hydrogen-bond donors (Lipinski definition) is 0. The molecule has 0 aromatic heterocycles. The van der Waals surface area contributed by atoms with E-state index in [1.165, 1.54) is 17.0 Å². The van der Waals surface area contributed by atoms with Gasteiger partial charge in [-0.25, -0.2) is 8.78 Å². The minimum atomic E-state index is -1.11. The first-order valence-corrected chi connectivity index (χ1v) is 6.73. The predicted molar refractivity (Wildman–Crippen MR) is 76.3 cm³/mol. The molecule has 5 heteroatoms. The first kappa shape index (κ1) is 14.7. The second-order valence-corrected chi connectivity index (χ2v) is 5.21. The molecule has 0 aliphatic rings. The Labute approximate surface area is 124 Å². The number of halogens is 3. The highest BCUT2D eigenvalue weighted by Crippen LogP contribution is 2.19. The first-order chi connectivity index (χ1) is 9.50. The first-order valence-electron chi connectivity index (χ1n) is 5.93. The summed E-state index contributed by atoms with van der Waals surface area (Å²) in [6, 6.07) is 11.0. The quantitative estimate of drug-likeness (QED) is 0.827. The second kappa shape index (κ2) is 6.13. The van der Waals surface area contributed by atoms with Gasteiger partial charge in [0.1, 0.15) is 0 Å². The van der Waals surface area contributed by atoms with Gasteiger partial charge in [0.25, 0.3) is 5.91 Å². The van der Waals surface area contributed by atoms with Crippen LogP contribution < -0.4 is 0 Å². The van der Waals surface area contributed by atoms with Gasteiger partial charge in [-0.05, 0) is 23.8 Å². The molecule has 0 aliphatic heterocycles. The van der Waals surface area contributed by atoms with E-state index in [1.807, 2.05) is 24.3 Å². The average molecular weight is 340 g/mol. The van der Waals surface area contributed by atoms with Gasteiger partial charge in [-0.1, -0.05) is 40.2 Å². The summed E-state index contributed by atoms with van der Waals surface area (Å²) in [6.45, 7) is 0.302. The zero-order valence-electron chi connectivity index (χ0n) is 10.7. The number of nitrogens with zero attached hydrogens (tertiary/aromatic N) is 1. The van der Waals surface area contributed by atoms with Crippen molar-refractivity contribution < 1.29 is 13.6 Å². The molecule has 2 nitrogen and oxygen atoms in total. The van der Waals surface area contributed by atoms with E-state index in [-0.39, 0.29) is 5.56 Å². The lowest BCUT2D eigenvalue weighted by atomic mass is 10.1. The highest BCUT2D eigenvalue weighted by molar-refractivity contribution is 9.10. The fourth-order valence-corrected chi connectivity index (χ4v) is 2.24. The summed E-state index contributed by atoms with van der Waals surface area (Å²) >= 11 is 3.38. The molecule has 2 rings (SSSR count). The molecule has 0 N–H and O–H groups in total. The van der Waals surface area contributed by atoms with Crippen molar-refractivity contribution in [1.29, 1.82) is 0 Å². The van der Waals surface area contributed by atoms with E-state index in [0.717, 1.165) is 16.1 Å². The van der Waals surface area contributed by atoms with Gasteiger partial charge in [0.05, 0.1) is 5.56 Å². The monoisotopic (exact) mass is 339 g/mol. The topological polar surface area (TPSA) is 20.3 Å². The minimum Gasteiger partial charge on any atom is -0.337 e. The van der Waals surface area contributed by atoms with Crippen LogP contribution in [-0.2, 0) is 6.54 Å².